The molecule has 1 saturated heterocycles. The van der Waals surface area contributed by atoms with Gasteiger partial charge in [-0.1, -0.05) is 38.1 Å². The van der Waals surface area contributed by atoms with Crippen molar-refractivity contribution in [2.45, 2.75) is 120 Å². The highest BCUT2D eigenvalue weighted by Crippen LogP contribution is 2.48. The van der Waals surface area contributed by atoms with E-state index in [-0.39, 0.29) is 48.3 Å². The maximum Gasteiger partial charge on any atom is 0.411 e. The van der Waals surface area contributed by atoms with Gasteiger partial charge in [-0.3, -0.25) is 28.4 Å². The van der Waals surface area contributed by atoms with Crippen molar-refractivity contribution < 1.29 is 50.6 Å². The number of carboxylic acid groups (broad SMARTS) is 1. The SMILES string of the molecule is C[C@H]1CCC=C[C@@H]2C[C@@]2(C(=O)NS(=O)(=O)C2(C)CC2)NC(=O)[C@@H]2C[C@@H](Oc3nc4nncn4c4ccccc34)CN2C(=O)[C@@H](N(C(=O)O)C(C)(C)C(F)(F)F)[C@H](C)C1. The van der Waals surface area contributed by atoms with Gasteiger partial charge in [-0.25, -0.2) is 13.2 Å². The molecular formula is C38H47F3N8O8S. The highest BCUT2D eigenvalue weighted by molar-refractivity contribution is 7.91. The van der Waals surface area contributed by atoms with E-state index in [1.165, 1.54) is 20.2 Å². The minimum absolute atomic E-state index is 0.0456. The zero-order valence-electron chi connectivity index (χ0n) is 32.7. The Balaban J connectivity index is 1.30. The van der Waals surface area contributed by atoms with Crippen LogP contribution in [0, 0.1) is 17.8 Å². The summed E-state index contributed by atoms with van der Waals surface area (Å²) in [6, 6.07) is 3.63. The molecule has 1 aromatic carbocycles. The second kappa shape index (κ2) is 14.4. The Kier molecular flexibility index (Phi) is 10.2. The lowest BCUT2D eigenvalue weighted by atomic mass is 9.85. The van der Waals surface area contributed by atoms with E-state index in [4.69, 9.17) is 4.74 Å². The fraction of sp³-hybridized carbons (Fsp3) is 0.605. The summed E-state index contributed by atoms with van der Waals surface area (Å²) in [5, 5.41) is 21.7. The van der Waals surface area contributed by atoms with Gasteiger partial charge in [0.25, 0.3) is 11.7 Å². The molecule has 58 heavy (non-hydrogen) atoms. The van der Waals surface area contributed by atoms with Crippen molar-refractivity contribution in [3.63, 3.8) is 0 Å². The number of hydrogen-bond donors (Lipinski definition) is 3. The molecule has 7 rings (SSSR count). The molecule has 314 valence electrons. The van der Waals surface area contributed by atoms with E-state index in [0.717, 1.165) is 4.90 Å². The van der Waals surface area contributed by atoms with Gasteiger partial charge in [0.05, 0.1) is 22.2 Å². The second-order valence-electron chi connectivity index (χ2n) is 17.1. The molecule has 0 spiro atoms. The van der Waals surface area contributed by atoms with Crippen molar-refractivity contribution in [2.75, 3.05) is 6.54 Å². The van der Waals surface area contributed by atoms with Crippen LogP contribution in [0.1, 0.15) is 79.6 Å². The molecule has 7 atom stereocenters. The van der Waals surface area contributed by atoms with E-state index in [1.54, 1.807) is 40.8 Å². The molecule has 0 bridgehead atoms. The van der Waals surface area contributed by atoms with Crippen LogP contribution in [0.5, 0.6) is 5.88 Å². The van der Waals surface area contributed by atoms with Crippen molar-refractivity contribution in [1.82, 2.24) is 39.4 Å². The molecule has 2 aliphatic carbocycles. The van der Waals surface area contributed by atoms with E-state index in [0.29, 0.717) is 50.4 Å². The molecule has 2 aromatic heterocycles. The summed E-state index contributed by atoms with van der Waals surface area (Å²) in [7, 11) is -4.12. The summed E-state index contributed by atoms with van der Waals surface area (Å²) in [6.45, 7) is 5.88. The zero-order valence-corrected chi connectivity index (χ0v) is 33.5. The second-order valence-corrected chi connectivity index (χ2v) is 19.2. The Hall–Kier alpha value is -5.01. The first kappa shape index (κ1) is 41.2. The molecular weight excluding hydrogens is 786 g/mol. The first-order valence-corrected chi connectivity index (χ1v) is 20.8. The smallest absolute Gasteiger partial charge is 0.411 e. The summed E-state index contributed by atoms with van der Waals surface area (Å²) in [4.78, 5) is 62.1. The third kappa shape index (κ3) is 7.20. The molecule has 3 N–H and O–H groups in total. The summed E-state index contributed by atoms with van der Waals surface area (Å²) in [6.07, 6.45) is -1.46. The first-order chi connectivity index (χ1) is 27.1. The number of rotatable bonds is 7. The average Bonchev–Trinajstić information content (AvgIpc) is 3.92. The van der Waals surface area contributed by atoms with Crippen LogP contribution >= 0.6 is 0 Å². The number of benzene rings is 1. The van der Waals surface area contributed by atoms with Crippen LogP contribution in [0.25, 0.3) is 16.7 Å². The Labute approximate surface area is 332 Å². The number of aromatic nitrogens is 4. The minimum Gasteiger partial charge on any atom is -0.472 e. The number of halogens is 3. The highest BCUT2D eigenvalue weighted by Gasteiger charge is 2.64. The summed E-state index contributed by atoms with van der Waals surface area (Å²) in [5.41, 5.74) is -4.14. The number of sulfonamides is 1. The van der Waals surface area contributed by atoms with Gasteiger partial charge in [0.1, 0.15) is 35.6 Å². The first-order valence-electron chi connectivity index (χ1n) is 19.3. The molecule has 4 heterocycles. The standard InChI is InChI=1S/C38H47F3N8O8S/c1-21-10-6-7-11-23-18-37(23,32(52)46-58(55,56)36(5)14-15-36)44-29(50)27-17-24(57-30-25-12-8-9-13-26(25)48-20-42-45-33(48)43-30)19-47(27)31(51)28(22(2)16-21)49(34(53)54)35(3,4)38(39,40)41/h7-9,11-13,20-24,27-28H,6,10,14-19H2,1-5H3,(H,44,50)(H,46,52)(H,53,54)/t21-,22+,23+,24+,27-,28-,37+/m0/s1. The third-order valence-corrected chi connectivity index (χ3v) is 14.5. The average molecular weight is 833 g/mol. The number of fused-ring (bicyclic) bond motifs is 5. The normalized spacial score (nSPS) is 29.1. The van der Waals surface area contributed by atoms with Crippen molar-refractivity contribution in [3.8, 4) is 5.88 Å². The van der Waals surface area contributed by atoms with Crippen LogP contribution in [-0.2, 0) is 24.4 Å². The number of alkyl halides is 3. The lowest BCUT2D eigenvalue weighted by molar-refractivity contribution is -0.222. The third-order valence-electron chi connectivity index (χ3n) is 12.4. The van der Waals surface area contributed by atoms with Gasteiger partial charge in [0.15, 0.2) is 0 Å². The zero-order chi connectivity index (χ0) is 42.2. The van der Waals surface area contributed by atoms with Gasteiger partial charge in [-0.15, -0.1) is 10.2 Å². The number of hydrogen-bond acceptors (Lipinski definition) is 10. The molecule has 4 aliphatic rings. The van der Waals surface area contributed by atoms with Gasteiger partial charge in [-0.2, -0.15) is 18.2 Å². The Bertz CT molecular complexity index is 2300. The van der Waals surface area contributed by atoms with Gasteiger partial charge in [-0.05, 0) is 83.3 Å². The number of carbonyl (C=O) groups is 4. The maximum atomic E-state index is 15.0. The van der Waals surface area contributed by atoms with E-state index >= 15 is 4.79 Å². The lowest BCUT2D eigenvalue weighted by Crippen LogP contribution is -2.66. The highest BCUT2D eigenvalue weighted by atomic mass is 32.2. The molecule has 0 unspecified atom stereocenters. The van der Waals surface area contributed by atoms with Gasteiger partial charge in [0.2, 0.25) is 27.7 Å². The van der Waals surface area contributed by atoms with Crippen LogP contribution < -0.4 is 14.8 Å². The number of carbonyl (C=O) groups excluding carboxylic acids is 3. The predicted octanol–water partition coefficient (Wildman–Crippen LogP) is 4.20. The van der Waals surface area contributed by atoms with Gasteiger partial charge >= 0.3 is 12.3 Å². The number of para-hydroxylation sites is 1. The fourth-order valence-electron chi connectivity index (χ4n) is 8.32. The molecule has 3 fully saturated rings. The molecule has 2 saturated carbocycles. The summed E-state index contributed by atoms with van der Waals surface area (Å²) < 4.78 is 79.6. The Morgan fingerprint density at radius 2 is 1.83 bits per heavy atom. The molecule has 0 radical (unpaired) electrons. The number of ether oxygens (including phenoxy) is 1. The van der Waals surface area contributed by atoms with Crippen LogP contribution in [-0.4, -0.2) is 113 Å². The summed E-state index contributed by atoms with van der Waals surface area (Å²) in [5.74, 6) is -4.40. The van der Waals surface area contributed by atoms with Crippen LogP contribution in [0.15, 0.2) is 42.7 Å². The molecule has 3 aromatic rings. The topological polar surface area (TPSA) is 206 Å². The molecule has 4 amide bonds. The quantitative estimate of drug-likeness (QED) is 0.288. The Morgan fingerprint density at radius 3 is 2.50 bits per heavy atom. The minimum atomic E-state index is -5.10. The largest absolute Gasteiger partial charge is 0.472 e. The van der Waals surface area contributed by atoms with E-state index in [9.17, 15) is 41.1 Å². The molecule has 16 nitrogen and oxygen atoms in total. The van der Waals surface area contributed by atoms with E-state index < -0.39 is 85.9 Å². The van der Waals surface area contributed by atoms with Gasteiger partial charge < -0.3 is 20.1 Å². The molecule has 20 heteroatoms. The van der Waals surface area contributed by atoms with Crippen molar-refractivity contribution in [3.05, 3.63) is 42.7 Å². The van der Waals surface area contributed by atoms with E-state index in [2.05, 4.69) is 25.2 Å². The summed E-state index contributed by atoms with van der Waals surface area (Å²) >= 11 is 0. The maximum absolute atomic E-state index is 15.0. The van der Waals surface area contributed by atoms with Crippen molar-refractivity contribution >= 4 is 50.5 Å². The number of allylic oxidation sites excluding steroid dienone is 1. The lowest BCUT2D eigenvalue weighted by Gasteiger charge is -2.45. The number of amides is 4. The molecule has 2 aliphatic heterocycles. The van der Waals surface area contributed by atoms with Crippen molar-refractivity contribution in [1.29, 1.82) is 0 Å². The van der Waals surface area contributed by atoms with Crippen molar-refractivity contribution in [2.24, 2.45) is 17.8 Å². The van der Waals surface area contributed by atoms with E-state index in [1.807, 2.05) is 6.92 Å². The Morgan fingerprint density at radius 1 is 1.12 bits per heavy atom. The van der Waals surface area contributed by atoms with Crippen LogP contribution in [0.3, 0.4) is 0 Å². The van der Waals surface area contributed by atoms with Crippen LogP contribution in [0.2, 0.25) is 0 Å². The number of nitrogens with zero attached hydrogens (tertiary/aromatic N) is 6. The number of nitrogens with one attached hydrogen (secondary N) is 2. The monoisotopic (exact) mass is 832 g/mol. The van der Waals surface area contributed by atoms with Gasteiger partial charge in [0, 0.05) is 12.3 Å². The predicted molar refractivity (Wildman–Crippen MR) is 202 cm³/mol. The fourth-order valence-corrected chi connectivity index (χ4v) is 9.63. The van der Waals surface area contributed by atoms with Crippen LogP contribution in [0.4, 0.5) is 18.0 Å².